The summed E-state index contributed by atoms with van der Waals surface area (Å²) in [6.07, 6.45) is 0.480. The Morgan fingerprint density at radius 2 is 1.88 bits per heavy atom. The van der Waals surface area contributed by atoms with E-state index >= 15 is 0 Å². The molecule has 1 aromatic rings. The minimum absolute atomic E-state index is 0.0160. The first-order valence-corrected chi connectivity index (χ1v) is 14.5. The molecule has 3 fully saturated rings. The Morgan fingerprint density at radius 1 is 1.12 bits per heavy atom. The van der Waals surface area contributed by atoms with Crippen LogP contribution in [-0.4, -0.2) is 108 Å². The topological polar surface area (TPSA) is 157 Å². The van der Waals surface area contributed by atoms with E-state index < -0.39 is 54.0 Å². The molecule has 0 radical (unpaired) electrons. The molecule has 0 saturated carbocycles. The van der Waals surface area contributed by atoms with Crippen LogP contribution in [0.15, 0.2) is 30.3 Å². The average molecular weight is 572 g/mol. The maximum Gasteiger partial charge on any atom is 0.252 e. The van der Waals surface area contributed by atoms with Gasteiger partial charge in [-0.25, -0.2) is 0 Å². The van der Waals surface area contributed by atoms with E-state index in [9.17, 15) is 29.1 Å². The minimum atomic E-state index is -1.00. The van der Waals surface area contributed by atoms with E-state index in [1.807, 2.05) is 44.2 Å². The van der Waals surface area contributed by atoms with Crippen LogP contribution in [0.1, 0.15) is 45.1 Å². The lowest BCUT2D eigenvalue weighted by molar-refractivity contribution is -0.145. The van der Waals surface area contributed by atoms with Crippen LogP contribution < -0.4 is 16.0 Å². The van der Waals surface area contributed by atoms with Crippen molar-refractivity contribution in [1.82, 2.24) is 25.8 Å². The smallest absolute Gasteiger partial charge is 0.252 e. The Kier molecular flexibility index (Phi) is 10.3. The maximum absolute atomic E-state index is 13.8. The summed E-state index contributed by atoms with van der Waals surface area (Å²) in [6.45, 7) is 3.89. The van der Waals surface area contributed by atoms with Gasteiger partial charge < -0.3 is 35.6 Å². The zero-order chi connectivity index (χ0) is 29.5. The maximum atomic E-state index is 13.8. The largest absolute Gasteiger partial charge is 0.391 e. The number of ether oxygens (including phenoxy) is 1. The number of hydrogen-bond donors (Lipinski definition) is 4. The van der Waals surface area contributed by atoms with E-state index in [0.717, 1.165) is 12.0 Å². The predicted molar refractivity (Wildman–Crippen MR) is 148 cm³/mol. The summed E-state index contributed by atoms with van der Waals surface area (Å²) in [5.74, 6) is -2.65. The summed E-state index contributed by atoms with van der Waals surface area (Å²) < 4.78 is 5.55. The number of carbonyl (C=O) groups excluding carboxylic acids is 5. The van der Waals surface area contributed by atoms with E-state index in [4.69, 9.17) is 4.74 Å². The first-order valence-electron chi connectivity index (χ1n) is 14.5. The van der Waals surface area contributed by atoms with Crippen LogP contribution in [0.2, 0.25) is 0 Å². The highest BCUT2D eigenvalue weighted by Crippen LogP contribution is 2.23. The number of fused-ring (bicyclic) bond motifs is 1. The summed E-state index contributed by atoms with van der Waals surface area (Å²) in [5.41, 5.74) is 0.826. The van der Waals surface area contributed by atoms with Crippen LogP contribution in [0.3, 0.4) is 0 Å². The van der Waals surface area contributed by atoms with Crippen molar-refractivity contribution in [3.63, 3.8) is 0 Å². The van der Waals surface area contributed by atoms with Crippen molar-refractivity contribution in [3.05, 3.63) is 35.9 Å². The van der Waals surface area contributed by atoms with Gasteiger partial charge in [-0.15, -0.1) is 0 Å². The van der Waals surface area contributed by atoms with Crippen LogP contribution in [-0.2, 0) is 35.1 Å². The van der Waals surface area contributed by atoms with Crippen molar-refractivity contribution in [2.45, 2.75) is 76.3 Å². The van der Waals surface area contributed by atoms with Gasteiger partial charge in [-0.2, -0.15) is 0 Å². The van der Waals surface area contributed by atoms with Gasteiger partial charge in [0.25, 0.3) is 5.91 Å². The van der Waals surface area contributed by atoms with E-state index in [2.05, 4.69) is 16.0 Å². The number of carbonyl (C=O) groups is 5. The summed E-state index contributed by atoms with van der Waals surface area (Å²) >= 11 is 0. The molecule has 4 N–H and O–H groups in total. The molecular formula is C29H41N5O7. The first-order chi connectivity index (χ1) is 19.7. The van der Waals surface area contributed by atoms with Crippen LogP contribution in [0.5, 0.6) is 0 Å². The Labute approximate surface area is 240 Å². The zero-order valence-electron chi connectivity index (χ0n) is 23.7. The van der Waals surface area contributed by atoms with E-state index in [0.29, 0.717) is 19.4 Å². The Bertz CT molecular complexity index is 1110. The van der Waals surface area contributed by atoms with Crippen LogP contribution >= 0.6 is 0 Å². The van der Waals surface area contributed by atoms with Crippen LogP contribution in [0.25, 0.3) is 0 Å². The molecule has 12 heteroatoms. The molecule has 3 heterocycles. The number of aliphatic hydroxyl groups is 1. The van der Waals surface area contributed by atoms with E-state index in [1.54, 1.807) is 0 Å². The molecule has 224 valence electrons. The first kappa shape index (κ1) is 30.4. The summed E-state index contributed by atoms with van der Waals surface area (Å²) in [6, 6.07) is 6.29. The lowest BCUT2D eigenvalue weighted by Crippen LogP contribution is -2.58. The fourth-order valence-electron chi connectivity index (χ4n) is 5.57. The van der Waals surface area contributed by atoms with Gasteiger partial charge in [0.05, 0.1) is 12.6 Å². The Hall–Kier alpha value is -3.51. The van der Waals surface area contributed by atoms with Gasteiger partial charge in [-0.3, -0.25) is 24.0 Å². The molecule has 0 aliphatic carbocycles. The van der Waals surface area contributed by atoms with Crippen molar-refractivity contribution in [2.75, 3.05) is 32.8 Å². The van der Waals surface area contributed by atoms with Gasteiger partial charge in [0.1, 0.15) is 24.2 Å². The normalized spacial score (nSPS) is 29.1. The third kappa shape index (κ3) is 7.62. The fraction of sp³-hybridized carbons (Fsp3) is 0.621. The molecule has 41 heavy (non-hydrogen) atoms. The van der Waals surface area contributed by atoms with Crippen molar-refractivity contribution in [1.29, 1.82) is 0 Å². The average Bonchev–Trinajstić information content (AvgIpc) is 3.64. The molecule has 0 aromatic heterocycles. The van der Waals surface area contributed by atoms with E-state index in [1.165, 1.54) is 9.80 Å². The van der Waals surface area contributed by atoms with Gasteiger partial charge in [0, 0.05) is 39.1 Å². The summed E-state index contributed by atoms with van der Waals surface area (Å²) in [5, 5.41) is 18.8. The second-order valence-corrected chi connectivity index (χ2v) is 11.1. The SMILES string of the molecule is CC[C@H](C)[C@@H]1NC(=O)CN(C(=O)[C@H]2CCCO2)CCNC(=O)[C@H](Cc2ccccc2)NC(=O)[C@@H]2C[C@@H](O)CN2C1=O. The van der Waals surface area contributed by atoms with Gasteiger partial charge in [-0.05, 0) is 24.3 Å². The number of benzene rings is 1. The molecular weight excluding hydrogens is 530 g/mol. The number of amides is 5. The zero-order valence-corrected chi connectivity index (χ0v) is 23.7. The molecule has 3 aliphatic heterocycles. The van der Waals surface area contributed by atoms with Crippen molar-refractivity contribution in [3.8, 4) is 0 Å². The predicted octanol–water partition coefficient (Wildman–Crippen LogP) is -0.656. The van der Waals surface area contributed by atoms with E-state index in [-0.39, 0.29) is 50.8 Å². The number of aliphatic hydroxyl groups excluding tert-OH is 1. The van der Waals surface area contributed by atoms with Crippen molar-refractivity contribution in [2.24, 2.45) is 5.92 Å². The molecule has 0 unspecified atom stereocenters. The quantitative estimate of drug-likeness (QED) is 0.366. The molecule has 0 spiro atoms. The standard InChI is InChI=1S/C29H41N5O7/c1-3-18(2)25-29(40)34-16-20(35)15-22(34)27(38)31-21(14-19-8-5-4-6-9-19)26(37)30-11-12-33(17-24(36)32-25)28(39)23-10-7-13-41-23/h4-6,8-9,18,20-23,25,35H,3,7,10-17H2,1-2H3,(H,30,37)(H,31,38)(H,32,36)/t18-,20+,21-,22-,23+,25-/m0/s1. The van der Waals surface area contributed by atoms with Crippen molar-refractivity contribution < 1.29 is 33.8 Å². The minimum Gasteiger partial charge on any atom is -0.391 e. The number of hydrogen-bond acceptors (Lipinski definition) is 7. The van der Waals surface area contributed by atoms with Gasteiger partial charge in [0.2, 0.25) is 23.6 Å². The molecule has 5 amide bonds. The highest BCUT2D eigenvalue weighted by atomic mass is 16.5. The lowest BCUT2D eigenvalue weighted by atomic mass is 9.97. The molecule has 6 atom stereocenters. The Morgan fingerprint density at radius 3 is 2.56 bits per heavy atom. The molecule has 3 aliphatic rings. The molecule has 4 rings (SSSR count). The summed E-state index contributed by atoms with van der Waals surface area (Å²) in [4.78, 5) is 69.8. The summed E-state index contributed by atoms with van der Waals surface area (Å²) in [7, 11) is 0. The Balaban J connectivity index is 1.65. The van der Waals surface area contributed by atoms with Crippen LogP contribution in [0, 0.1) is 5.92 Å². The molecule has 12 nitrogen and oxygen atoms in total. The van der Waals surface area contributed by atoms with Crippen LogP contribution in [0.4, 0.5) is 0 Å². The molecule has 0 bridgehead atoms. The third-order valence-corrected chi connectivity index (χ3v) is 8.11. The van der Waals surface area contributed by atoms with Crippen molar-refractivity contribution >= 4 is 29.5 Å². The number of rotatable bonds is 5. The number of nitrogens with one attached hydrogen (secondary N) is 3. The fourth-order valence-corrected chi connectivity index (χ4v) is 5.57. The second-order valence-electron chi connectivity index (χ2n) is 11.1. The monoisotopic (exact) mass is 571 g/mol. The highest BCUT2D eigenvalue weighted by molar-refractivity contribution is 5.96. The van der Waals surface area contributed by atoms with Gasteiger partial charge >= 0.3 is 0 Å². The lowest BCUT2D eigenvalue weighted by Gasteiger charge is -2.32. The molecule has 1 aromatic carbocycles. The second kappa shape index (κ2) is 13.9. The third-order valence-electron chi connectivity index (χ3n) is 8.11. The highest BCUT2D eigenvalue weighted by Gasteiger charge is 2.43. The van der Waals surface area contributed by atoms with Gasteiger partial charge in [-0.1, -0.05) is 50.6 Å². The number of nitrogens with zero attached hydrogens (tertiary/aromatic N) is 2. The molecule has 3 saturated heterocycles. The van der Waals surface area contributed by atoms with Gasteiger partial charge in [0.15, 0.2) is 0 Å².